The highest BCUT2D eigenvalue weighted by atomic mass is 19.1. The second-order valence-corrected chi connectivity index (χ2v) is 3.33. The molecule has 0 saturated carbocycles. The molecular weight excluding hydrogens is 197 g/mol. The van der Waals surface area contributed by atoms with Crippen LogP contribution in [0.3, 0.4) is 0 Å². The molecule has 0 unspecified atom stereocenters. The fourth-order valence-corrected chi connectivity index (χ4v) is 1.26. The van der Waals surface area contributed by atoms with E-state index in [1.807, 2.05) is 5.43 Å². The third-order valence-corrected chi connectivity index (χ3v) is 1.97. The van der Waals surface area contributed by atoms with Crippen molar-refractivity contribution in [2.24, 2.45) is 5.84 Å². The minimum absolute atomic E-state index is 0.144. The van der Waals surface area contributed by atoms with E-state index < -0.39 is 0 Å². The monoisotopic (exact) mass is 211 g/mol. The van der Waals surface area contributed by atoms with Crippen LogP contribution in [0.2, 0.25) is 0 Å². The van der Waals surface area contributed by atoms with Crippen molar-refractivity contribution in [1.29, 1.82) is 0 Å². The molecule has 0 radical (unpaired) electrons. The van der Waals surface area contributed by atoms with Crippen molar-refractivity contribution < 1.29 is 9.18 Å². The first-order valence-electron chi connectivity index (χ1n) is 4.55. The molecule has 82 valence electrons. The number of halogens is 1. The van der Waals surface area contributed by atoms with Crippen LogP contribution in [0.5, 0.6) is 0 Å². The lowest BCUT2D eigenvalue weighted by Gasteiger charge is -2.15. The van der Waals surface area contributed by atoms with E-state index in [4.69, 9.17) is 5.84 Å². The number of hydrogen-bond acceptors (Lipinski definition) is 3. The molecule has 5 heteroatoms. The van der Waals surface area contributed by atoms with Crippen LogP contribution in [0.4, 0.5) is 4.39 Å². The Morgan fingerprint density at radius 1 is 1.53 bits per heavy atom. The van der Waals surface area contributed by atoms with Gasteiger partial charge in [0.1, 0.15) is 5.82 Å². The summed E-state index contributed by atoms with van der Waals surface area (Å²) in [6.07, 6.45) is 0. The predicted octanol–water partition coefficient (Wildman–Crippen LogP) is 0.247. The molecule has 4 nitrogen and oxygen atoms in total. The van der Waals surface area contributed by atoms with Crippen molar-refractivity contribution in [3.8, 4) is 0 Å². The standard InChI is InChI=1S/C10H14FN3O/c1-14(7-10(15)13-12)6-8-4-2-3-5-9(8)11/h2-5H,6-7,12H2,1H3,(H,13,15). The third-order valence-electron chi connectivity index (χ3n) is 1.97. The topological polar surface area (TPSA) is 58.4 Å². The third kappa shape index (κ3) is 3.65. The summed E-state index contributed by atoms with van der Waals surface area (Å²) in [4.78, 5) is 12.6. The molecule has 0 aliphatic heterocycles. The van der Waals surface area contributed by atoms with Gasteiger partial charge in [-0.25, -0.2) is 10.2 Å². The van der Waals surface area contributed by atoms with Crippen molar-refractivity contribution >= 4 is 5.91 Å². The SMILES string of the molecule is CN(CC(=O)NN)Cc1ccccc1F. The summed E-state index contributed by atoms with van der Waals surface area (Å²) in [7, 11) is 1.72. The Kier molecular flexibility index (Phi) is 4.20. The van der Waals surface area contributed by atoms with Gasteiger partial charge in [0.15, 0.2) is 0 Å². The first-order chi connectivity index (χ1) is 7.13. The number of likely N-dealkylation sites (N-methyl/N-ethyl adjacent to an activating group) is 1. The average molecular weight is 211 g/mol. The first-order valence-corrected chi connectivity index (χ1v) is 4.55. The quantitative estimate of drug-likeness (QED) is 0.426. The van der Waals surface area contributed by atoms with Gasteiger partial charge in [-0.05, 0) is 13.1 Å². The summed E-state index contributed by atoms with van der Waals surface area (Å²) >= 11 is 0. The Balaban J connectivity index is 2.55. The fraction of sp³-hybridized carbons (Fsp3) is 0.300. The van der Waals surface area contributed by atoms with E-state index >= 15 is 0 Å². The number of hydrazine groups is 1. The zero-order valence-corrected chi connectivity index (χ0v) is 8.53. The maximum atomic E-state index is 13.2. The van der Waals surface area contributed by atoms with Gasteiger partial charge in [-0.3, -0.25) is 15.1 Å². The Morgan fingerprint density at radius 3 is 2.80 bits per heavy atom. The molecule has 0 heterocycles. The van der Waals surface area contributed by atoms with E-state index in [1.54, 1.807) is 30.1 Å². The van der Waals surface area contributed by atoms with E-state index in [0.29, 0.717) is 12.1 Å². The molecule has 0 bridgehead atoms. The minimum Gasteiger partial charge on any atom is -0.293 e. The molecule has 15 heavy (non-hydrogen) atoms. The van der Waals surface area contributed by atoms with Gasteiger partial charge in [0.25, 0.3) is 0 Å². The van der Waals surface area contributed by atoms with Crippen molar-refractivity contribution in [2.75, 3.05) is 13.6 Å². The van der Waals surface area contributed by atoms with Crippen LogP contribution in [-0.2, 0) is 11.3 Å². The van der Waals surface area contributed by atoms with Crippen molar-refractivity contribution in [3.05, 3.63) is 35.6 Å². The summed E-state index contributed by atoms with van der Waals surface area (Å²) < 4.78 is 13.2. The van der Waals surface area contributed by atoms with Gasteiger partial charge < -0.3 is 0 Å². The number of carbonyl (C=O) groups is 1. The Labute approximate surface area is 87.8 Å². The van der Waals surface area contributed by atoms with Gasteiger partial charge in [-0.1, -0.05) is 18.2 Å². The molecule has 0 fully saturated rings. The van der Waals surface area contributed by atoms with Crippen molar-refractivity contribution in [2.45, 2.75) is 6.54 Å². The Morgan fingerprint density at radius 2 is 2.20 bits per heavy atom. The van der Waals surface area contributed by atoms with Gasteiger partial charge in [-0.15, -0.1) is 0 Å². The highest BCUT2D eigenvalue weighted by Gasteiger charge is 2.07. The number of nitrogens with one attached hydrogen (secondary N) is 1. The van der Waals surface area contributed by atoms with Crippen LogP contribution < -0.4 is 11.3 Å². The minimum atomic E-state index is -0.297. The maximum absolute atomic E-state index is 13.2. The van der Waals surface area contributed by atoms with Crippen LogP contribution in [0.15, 0.2) is 24.3 Å². The zero-order valence-electron chi connectivity index (χ0n) is 8.53. The number of carbonyl (C=O) groups excluding carboxylic acids is 1. The zero-order chi connectivity index (χ0) is 11.3. The molecule has 1 rings (SSSR count). The van der Waals surface area contributed by atoms with E-state index in [-0.39, 0.29) is 18.3 Å². The van der Waals surface area contributed by atoms with E-state index in [1.165, 1.54) is 6.07 Å². The molecule has 1 aromatic carbocycles. The molecule has 0 aliphatic carbocycles. The van der Waals surface area contributed by atoms with Gasteiger partial charge in [0.2, 0.25) is 5.91 Å². The summed E-state index contributed by atoms with van der Waals surface area (Å²) in [5.41, 5.74) is 2.58. The van der Waals surface area contributed by atoms with Gasteiger partial charge in [-0.2, -0.15) is 0 Å². The lowest BCUT2D eigenvalue weighted by Crippen LogP contribution is -2.38. The van der Waals surface area contributed by atoms with E-state index in [9.17, 15) is 9.18 Å². The van der Waals surface area contributed by atoms with Crippen molar-refractivity contribution in [1.82, 2.24) is 10.3 Å². The molecule has 0 saturated heterocycles. The second-order valence-electron chi connectivity index (χ2n) is 3.33. The molecule has 1 aromatic rings. The predicted molar refractivity (Wildman–Crippen MR) is 55.1 cm³/mol. The normalized spacial score (nSPS) is 10.4. The molecule has 1 amide bonds. The van der Waals surface area contributed by atoms with Crippen LogP contribution in [0.25, 0.3) is 0 Å². The molecular formula is C10H14FN3O. The maximum Gasteiger partial charge on any atom is 0.248 e. The van der Waals surface area contributed by atoms with Gasteiger partial charge >= 0.3 is 0 Å². The van der Waals surface area contributed by atoms with Gasteiger partial charge in [0.05, 0.1) is 6.54 Å². The molecule has 0 aliphatic rings. The lowest BCUT2D eigenvalue weighted by atomic mass is 10.2. The van der Waals surface area contributed by atoms with E-state index in [0.717, 1.165) is 0 Å². The number of amides is 1. The summed E-state index contributed by atoms with van der Waals surface area (Å²) in [5, 5.41) is 0. The van der Waals surface area contributed by atoms with Crippen molar-refractivity contribution in [3.63, 3.8) is 0 Å². The van der Waals surface area contributed by atoms with Crippen LogP contribution in [0, 0.1) is 5.82 Å². The van der Waals surface area contributed by atoms with Gasteiger partial charge in [0, 0.05) is 12.1 Å². The molecule has 3 N–H and O–H groups in total. The smallest absolute Gasteiger partial charge is 0.248 e. The van der Waals surface area contributed by atoms with Crippen LogP contribution >= 0.6 is 0 Å². The first kappa shape index (κ1) is 11.6. The summed E-state index contributed by atoms with van der Waals surface area (Å²) in [6.45, 7) is 0.519. The molecule has 0 spiro atoms. The fourth-order valence-electron chi connectivity index (χ4n) is 1.26. The number of hydrogen-bond donors (Lipinski definition) is 2. The number of nitrogens with zero attached hydrogens (tertiary/aromatic N) is 1. The molecule has 0 aromatic heterocycles. The average Bonchev–Trinajstić information content (AvgIpc) is 2.21. The summed E-state index contributed by atoms with van der Waals surface area (Å²) in [6, 6.07) is 6.47. The summed E-state index contributed by atoms with van der Waals surface area (Å²) in [5.74, 6) is 4.38. The van der Waals surface area contributed by atoms with Crippen LogP contribution in [-0.4, -0.2) is 24.4 Å². The largest absolute Gasteiger partial charge is 0.293 e. The van der Waals surface area contributed by atoms with Crippen LogP contribution in [0.1, 0.15) is 5.56 Å². The number of rotatable bonds is 4. The Bertz CT molecular complexity index is 343. The number of benzene rings is 1. The second kappa shape index (κ2) is 5.43. The molecule has 0 atom stereocenters. The Hall–Kier alpha value is -1.46. The highest BCUT2D eigenvalue weighted by molar-refractivity contribution is 5.77. The van der Waals surface area contributed by atoms with E-state index in [2.05, 4.69) is 0 Å². The highest BCUT2D eigenvalue weighted by Crippen LogP contribution is 2.08. The lowest BCUT2D eigenvalue weighted by molar-refractivity contribution is -0.122. The number of nitrogens with two attached hydrogens (primary N) is 1.